The number of nitrogens with zero attached hydrogens (tertiary/aromatic N) is 1. The van der Waals surface area contributed by atoms with Crippen LogP contribution in [-0.4, -0.2) is 0 Å². The zero-order valence-corrected chi connectivity index (χ0v) is 35.4. The molecule has 0 amide bonds. The van der Waals surface area contributed by atoms with Crippen LogP contribution in [0.4, 0.5) is 11.4 Å². The zero-order valence-electron chi connectivity index (χ0n) is 35.4. The van der Waals surface area contributed by atoms with Crippen molar-refractivity contribution in [3.8, 4) is 56.0 Å². The number of allylic oxidation sites excluding steroid dienone is 4. The Bertz CT molecular complexity index is 3230. The van der Waals surface area contributed by atoms with Crippen molar-refractivity contribution in [2.24, 2.45) is 5.92 Å². The van der Waals surface area contributed by atoms with Gasteiger partial charge in [0, 0.05) is 39.4 Å². The SMILES string of the molecule is CC1CC=C(c2ccc3c(c2)-c2cccc4cccc(c24)O3)C=C1N(c1ccc(-c2ccc(-c3ccccc3)cc2)cc1)c1ccc(C2(C)c3ccccc3-c3ccccc32)cc1. The van der Waals surface area contributed by atoms with Gasteiger partial charge in [-0.1, -0.05) is 177 Å². The summed E-state index contributed by atoms with van der Waals surface area (Å²) in [6.07, 6.45) is 5.76. The van der Waals surface area contributed by atoms with Crippen LogP contribution >= 0.6 is 0 Å². The minimum Gasteiger partial charge on any atom is -0.456 e. The molecule has 0 radical (unpaired) electrons. The highest BCUT2D eigenvalue weighted by Gasteiger charge is 2.40. The van der Waals surface area contributed by atoms with E-state index in [1.54, 1.807) is 0 Å². The van der Waals surface area contributed by atoms with Gasteiger partial charge in [-0.15, -0.1) is 0 Å². The third kappa shape index (κ3) is 6.09. The topological polar surface area (TPSA) is 12.5 Å². The van der Waals surface area contributed by atoms with Crippen LogP contribution in [0.15, 0.2) is 224 Å². The molecule has 9 aromatic carbocycles. The Morgan fingerprint density at radius 3 is 1.68 bits per heavy atom. The molecule has 0 spiro atoms. The molecule has 12 rings (SSSR count). The largest absolute Gasteiger partial charge is 0.456 e. The summed E-state index contributed by atoms with van der Waals surface area (Å²) in [6.45, 7) is 4.75. The molecular weight excluding hydrogens is 763 g/mol. The second-order valence-electron chi connectivity index (χ2n) is 17.4. The fraction of sp³-hybridized carbons (Fsp3) is 0.0820. The van der Waals surface area contributed by atoms with Crippen molar-refractivity contribution < 1.29 is 4.74 Å². The molecule has 9 aromatic rings. The van der Waals surface area contributed by atoms with Crippen molar-refractivity contribution in [3.63, 3.8) is 0 Å². The van der Waals surface area contributed by atoms with Gasteiger partial charge in [-0.2, -0.15) is 0 Å². The Labute approximate surface area is 369 Å². The molecule has 0 N–H and O–H groups in total. The predicted molar refractivity (Wildman–Crippen MR) is 263 cm³/mol. The van der Waals surface area contributed by atoms with E-state index in [-0.39, 0.29) is 11.3 Å². The third-order valence-corrected chi connectivity index (χ3v) is 13.8. The number of hydrogen-bond acceptors (Lipinski definition) is 2. The van der Waals surface area contributed by atoms with Crippen LogP contribution in [0, 0.1) is 5.92 Å². The molecule has 0 fully saturated rings. The Morgan fingerprint density at radius 1 is 0.476 bits per heavy atom. The molecule has 2 aliphatic carbocycles. The van der Waals surface area contributed by atoms with Crippen LogP contribution in [0.25, 0.3) is 60.9 Å². The summed E-state index contributed by atoms with van der Waals surface area (Å²) in [6, 6.07) is 75.4. The first-order chi connectivity index (χ1) is 31.0. The quantitative estimate of drug-likeness (QED) is 0.159. The second-order valence-corrected chi connectivity index (χ2v) is 17.4. The molecular formula is C61H45NO. The standard InChI is InChI=1S/C61H45NO/c1-40-22-23-47(46-30-37-58-54(38-46)53-18-10-14-45-15-11-21-59(63-58)60(45)53)39-57(40)62(49-33-28-44(29-34-49)43-26-24-42(25-27-43)41-12-4-3-5-13-41)50-35-31-48(32-36-50)61(2)55-19-8-6-16-51(55)52-17-7-9-20-56(52)61/h3-21,23-40H,22H2,1-2H3. The highest BCUT2D eigenvalue weighted by molar-refractivity contribution is 6.04. The summed E-state index contributed by atoms with van der Waals surface area (Å²) in [5.41, 5.74) is 19.6. The lowest BCUT2D eigenvalue weighted by Crippen LogP contribution is -2.24. The van der Waals surface area contributed by atoms with Crippen molar-refractivity contribution in [1.82, 2.24) is 0 Å². The Hall–Kier alpha value is -7.68. The lowest BCUT2D eigenvalue weighted by atomic mass is 9.74. The molecule has 0 bridgehead atoms. The average Bonchev–Trinajstić information content (AvgIpc) is 3.61. The Balaban J connectivity index is 0.945. The fourth-order valence-corrected chi connectivity index (χ4v) is 10.5. The average molecular weight is 808 g/mol. The molecule has 300 valence electrons. The summed E-state index contributed by atoms with van der Waals surface area (Å²) in [5.74, 6) is 2.10. The molecule has 0 aromatic heterocycles. The first-order valence-corrected chi connectivity index (χ1v) is 22.1. The Morgan fingerprint density at radius 2 is 1.02 bits per heavy atom. The van der Waals surface area contributed by atoms with Crippen LogP contribution in [0.5, 0.6) is 11.5 Å². The maximum absolute atomic E-state index is 6.50. The van der Waals surface area contributed by atoms with Crippen LogP contribution in [0.3, 0.4) is 0 Å². The molecule has 2 nitrogen and oxygen atoms in total. The van der Waals surface area contributed by atoms with Gasteiger partial charge in [-0.25, -0.2) is 0 Å². The molecule has 63 heavy (non-hydrogen) atoms. The van der Waals surface area contributed by atoms with Crippen molar-refractivity contribution in [2.75, 3.05) is 4.90 Å². The van der Waals surface area contributed by atoms with Crippen molar-refractivity contribution in [1.29, 1.82) is 0 Å². The second kappa shape index (κ2) is 14.8. The van der Waals surface area contributed by atoms with Gasteiger partial charge in [-0.05, 0) is 134 Å². The van der Waals surface area contributed by atoms with E-state index in [1.807, 2.05) is 0 Å². The molecule has 1 atom stereocenters. The van der Waals surface area contributed by atoms with E-state index >= 15 is 0 Å². The van der Waals surface area contributed by atoms with Gasteiger partial charge in [0.25, 0.3) is 0 Å². The zero-order chi connectivity index (χ0) is 42.1. The van der Waals surface area contributed by atoms with E-state index in [1.165, 1.54) is 83.2 Å². The van der Waals surface area contributed by atoms with E-state index in [9.17, 15) is 0 Å². The first kappa shape index (κ1) is 37.1. The predicted octanol–water partition coefficient (Wildman–Crippen LogP) is 16.4. The minimum atomic E-state index is -0.261. The van der Waals surface area contributed by atoms with Gasteiger partial charge < -0.3 is 9.64 Å². The lowest BCUT2D eigenvalue weighted by Gasteiger charge is -2.34. The molecule has 0 saturated heterocycles. The number of fused-ring (bicyclic) bond motifs is 5. The van der Waals surface area contributed by atoms with Gasteiger partial charge >= 0.3 is 0 Å². The van der Waals surface area contributed by atoms with E-state index < -0.39 is 0 Å². The summed E-state index contributed by atoms with van der Waals surface area (Å²) in [5, 5.41) is 2.37. The summed E-state index contributed by atoms with van der Waals surface area (Å²) in [4.78, 5) is 2.49. The van der Waals surface area contributed by atoms with Gasteiger partial charge in [0.2, 0.25) is 0 Å². The molecule has 3 aliphatic rings. The monoisotopic (exact) mass is 807 g/mol. The number of rotatable bonds is 7. The smallest absolute Gasteiger partial charge is 0.135 e. The number of anilines is 2. The number of ether oxygens (including phenoxy) is 1. The van der Waals surface area contributed by atoms with Crippen LogP contribution in [0.2, 0.25) is 0 Å². The number of hydrogen-bond donors (Lipinski definition) is 0. The lowest BCUT2D eigenvalue weighted by molar-refractivity contribution is 0.487. The van der Waals surface area contributed by atoms with Crippen LogP contribution in [-0.2, 0) is 5.41 Å². The summed E-state index contributed by atoms with van der Waals surface area (Å²) in [7, 11) is 0. The maximum Gasteiger partial charge on any atom is 0.135 e. The van der Waals surface area contributed by atoms with Crippen LogP contribution in [0.1, 0.15) is 42.5 Å². The van der Waals surface area contributed by atoms with Gasteiger partial charge in [0.15, 0.2) is 0 Å². The van der Waals surface area contributed by atoms with Gasteiger partial charge in [-0.3, -0.25) is 0 Å². The molecule has 1 heterocycles. The molecule has 2 heteroatoms. The van der Waals surface area contributed by atoms with E-state index in [2.05, 4.69) is 237 Å². The summed E-state index contributed by atoms with van der Waals surface area (Å²) >= 11 is 0. The third-order valence-electron chi connectivity index (χ3n) is 13.8. The normalized spacial score (nSPS) is 15.4. The summed E-state index contributed by atoms with van der Waals surface area (Å²) < 4.78 is 6.50. The van der Waals surface area contributed by atoms with Crippen molar-refractivity contribution in [3.05, 3.63) is 246 Å². The van der Waals surface area contributed by atoms with Gasteiger partial charge in [0.05, 0.1) is 0 Å². The van der Waals surface area contributed by atoms with Gasteiger partial charge in [0.1, 0.15) is 11.5 Å². The maximum atomic E-state index is 6.50. The van der Waals surface area contributed by atoms with Crippen LogP contribution < -0.4 is 9.64 Å². The number of benzene rings is 9. The van der Waals surface area contributed by atoms with E-state index in [0.717, 1.165) is 34.9 Å². The highest BCUT2D eigenvalue weighted by Crippen LogP contribution is 2.53. The molecule has 1 unspecified atom stereocenters. The molecule has 1 aliphatic heterocycles. The molecule has 0 saturated carbocycles. The van der Waals surface area contributed by atoms with E-state index in [4.69, 9.17) is 4.74 Å². The van der Waals surface area contributed by atoms with Crippen molar-refractivity contribution >= 4 is 27.7 Å². The minimum absolute atomic E-state index is 0.261. The first-order valence-electron chi connectivity index (χ1n) is 22.1. The fourth-order valence-electron chi connectivity index (χ4n) is 10.5. The van der Waals surface area contributed by atoms with E-state index in [0.29, 0.717) is 0 Å². The highest BCUT2D eigenvalue weighted by atomic mass is 16.5. The Kier molecular flexibility index (Phi) is 8.69. The van der Waals surface area contributed by atoms with Crippen molar-refractivity contribution in [2.45, 2.75) is 25.7 Å².